The summed E-state index contributed by atoms with van der Waals surface area (Å²) in [5, 5.41) is 3.32. The van der Waals surface area contributed by atoms with Crippen molar-refractivity contribution in [1.82, 2.24) is 4.90 Å². The van der Waals surface area contributed by atoms with Crippen LogP contribution in [0.5, 0.6) is 11.5 Å². The number of benzene rings is 1. The van der Waals surface area contributed by atoms with Gasteiger partial charge in [-0.25, -0.2) is 0 Å². The van der Waals surface area contributed by atoms with Crippen molar-refractivity contribution in [2.45, 2.75) is 26.4 Å². The summed E-state index contributed by atoms with van der Waals surface area (Å²) in [7, 11) is 0. The van der Waals surface area contributed by atoms with Gasteiger partial charge in [0.15, 0.2) is 11.5 Å². The van der Waals surface area contributed by atoms with Crippen LogP contribution in [0.15, 0.2) is 47.1 Å². The van der Waals surface area contributed by atoms with Crippen LogP contribution in [0.3, 0.4) is 0 Å². The Balaban J connectivity index is 1.46. The average molecular weight is 447 g/mol. The minimum atomic E-state index is -0.161. The number of anilines is 1. The van der Waals surface area contributed by atoms with Crippen LogP contribution >= 0.6 is 22.9 Å². The van der Waals surface area contributed by atoms with E-state index in [0.29, 0.717) is 48.5 Å². The van der Waals surface area contributed by atoms with Crippen LogP contribution in [0.1, 0.15) is 21.9 Å². The third-order valence-corrected chi connectivity index (χ3v) is 5.91. The number of carbonyl (C=O) groups is 1. The van der Waals surface area contributed by atoms with E-state index in [1.165, 1.54) is 9.75 Å². The van der Waals surface area contributed by atoms with Gasteiger partial charge in [-0.2, -0.15) is 0 Å². The number of halogens is 1. The number of aryl methyl sites for hydroxylation is 1. The van der Waals surface area contributed by atoms with E-state index in [4.69, 9.17) is 25.5 Å². The fourth-order valence-electron chi connectivity index (χ4n) is 3.25. The van der Waals surface area contributed by atoms with E-state index in [2.05, 4.69) is 24.4 Å². The molecule has 0 spiro atoms. The number of fused-ring (bicyclic) bond motifs is 1. The molecule has 0 atom stereocenters. The molecule has 1 aliphatic heterocycles. The molecule has 1 aromatic carbocycles. The number of carbonyl (C=O) groups excluding carboxylic acids is 1. The molecule has 1 N–H and O–H groups in total. The van der Waals surface area contributed by atoms with Crippen LogP contribution in [-0.4, -0.2) is 30.6 Å². The van der Waals surface area contributed by atoms with E-state index in [0.717, 1.165) is 12.2 Å². The largest absolute Gasteiger partial charge is 0.490 e. The lowest BCUT2D eigenvalue weighted by atomic mass is 10.2. The normalized spacial score (nSPS) is 13.3. The molecule has 6 nitrogen and oxygen atoms in total. The van der Waals surface area contributed by atoms with Gasteiger partial charge in [-0.15, -0.1) is 11.3 Å². The first-order chi connectivity index (χ1) is 14.6. The van der Waals surface area contributed by atoms with Crippen molar-refractivity contribution in [3.05, 3.63) is 63.2 Å². The van der Waals surface area contributed by atoms with Crippen molar-refractivity contribution < 1.29 is 18.7 Å². The van der Waals surface area contributed by atoms with E-state index < -0.39 is 0 Å². The topological polar surface area (TPSA) is 63.9 Å². The summed E-state index contributed by atoms with van der Waals surface area (Å²) >= 11 is 8.09. The SMILES string of the molecule is Cc1ccc(CN(CC(=O)Nc2cc3c(cc2Cl)OCCCO3)Cc2ccco2)s1. The molecule has 0 aliphatic carbocycles. The molecule has 8 heteroatoms. The Morgan fingerprint density at radius 1 is 1.17 bits per heavy atom. The van der Waals surface area contributed by atoms with Gasteiger partial charge in [0.25, 0.3) is 0 Å². The third-order valence-electron chi connectivity index (χ3n) is 4.61. The molecule has 30 heavy (non-hydrogen) atoms. The second-order valence-electron chi connectivity index (χ2n) is 7.11. The number of nitrogens with zero attached hydrogens (tertiary/aromatic N) is 1. The van der Waals surface area contributed by atoms with Crippen LogP contribution in [0.4, 0.5) is 5.69 Å². The van der Waals surface area contributed by atoms with Gasteiger partial charge in [-0.3, -0.25) is 9.69 Å². The maximum Gasteiger partial charge on any atom is 0.238 e. The van der Waals surface area contributed by atoms with Crippen LogP contribution < -0.4 is 14.8 Å². The predicted octanol–water partition coefficient (Wildman–Crippen LogP) is 5.11. The smallest absolute Gasteiger partial charge is 0.238 e. The van der Waals surface area contributed by atoms with Crippen molar-refractivity contribution >= 4 is 34.5 Å². The van der Waals surface area contributed by atoms with Gasteiger partial charge in [-0.1, -0.05) is 11.6 Å². The Bertz CT molecular complexity index is 1000. The Morgan fingerprint density at radius 3 is 2.67 bits per heavy atom. The Labute approximate surface area is 184 Å². The lowest BCUT2D eigenvalue weighted by Gasteiger charge is -2.20. The Morgan fingerprint density at radius 2 is 1.97 bits per heavy atom. The van der Waals surface area contributed by atoms with Crippen LogP contribution in [0.2, 0.25) is 5.02 Å². The number of nitrogens with one attached hydrogen (secondary N) is 1. The number of furan rings is 1. The van der Waals surface area contributed by atoms with Gasteiger partial charge in [-0.05, 0) is 31.2 Å². The van der Waals surface area contributed by atoms with E-state index in [-0.39, 0.29) is 12.5 Å². The summed E-state index contributed by atoms with van der Waals surface area (Å²) in [6.07, 6.45) is 2.44. The zero-order valence-corrected chi connectivity index (χ0v) is 18.2. The molecule has 0 unspecified atom stereocenters. The fraction of sp³-hybridized carbons (Fsp3) is 0.318. The summed E-state index contributed by atoms with van der Waals surface area (Å²) in [6.45, 7) is 4.61. The monoisotopic (exact) mass is 446 g/mol. The maximum atomic E-state index is 12.8. The quantitative estimate of drug-likeness (QED) is 0.546. The first-order valence-electron chi connectivity index (χ1n) is 9.76. The second kappa shape index (κ2) is 9.55. The van der Waals surface area contributed by atoms with Gasteiger partial charge in [0.1, 0.15) is 5.76 Å². The molecule has 158 valence electrons. The predicted molar refractivity (Wildman–Crippen MR) is 118 cm³/mol. The van der Waals surface area contributed by atoms with Crippen molar-refractivity contribution in [3.8, 4) is 11.5 Å². The number of hydrogen-bond donors (Lipinski definition) is 1. The van der Waals surface area contributed by atoms with Crippen LogP contribution in [-0.2, 0) is 17.9 Å². The van der Waals surface area contributed by atoms with Crippen molar-refractivity contribution in [2.75, 3.05) is 25.1 Å². The molecular weight excluding hydrogens is 424 g/mol. The zero-order chi connectivity index (χ0) is 20.9. The first-order valence-corrected chi connectivity index (χ1v) is 11.0. The molecule has 3 aromatic rings. The highest BCUT2D eigenvalue weighted by Crippen LogP contribution is 2.37. The molecule has 3 heterocycles. The number of ether oxygens (including phenoxy) is 2. The maximum absolute atomic E-state index is 12.8. The van der Waals surface area contributed by atoms with E-state index in [1.807, 2.05) is 17.0 Å². The lowest BCUT2D eigenvalue weighted by molar-refractivity contribution is -0.117. The number of amides is 1. The van der Waals surface area contributed by atoms with E-state index >= 15 is 0 Å². The molecule has 0 saturated heterocycles. The summed E-state index contributed by atoms with van der Waals surface area (Å²) < 4.78 is 16.8. The summed E-state index contributed by atoms with van der Waals surface area (Å²) in [6, 6.07) is 11.3. The second-order valence-corrected chi connectivity index (χ2v) is 8.89. The van der Waals surface area contributed by atoms with Crippen molar-refractivity contribution in [2.24, 2.45) is 0 Å². The van der Waals surface area contributed by atoms with Crippen molar-refractivity contribution in [3.63, 3.8) is 0 Å². The molecular formula is C22H23ClN2O4S. The van der Waals surface area contributed by atoms with Gasteiger partial charge < -0.3 is 19.2 Å². The minimum Gasteiger partial charge on any atom is -0.490 e. The number of thiophene rings is 1. The molecule has 2 aromatic heterocycles. The van der Waals surface area contributed by atoms with Gasteiger partial charge in [0.05, 0.1) is 43.3 Å². The first kappa shape index (κ1) is 20.8. The average Bonchev–Trinajstić information content (AvgIpc) is 3.30. The Kier molecular flexibility index (Phi) is 6.62. The highest BCUT2D eigenvalue weighted by molar-refractivity contribution is 7.11. The molecule has 1 aliphatic rings. The fourth-order valence-corrected chi connectivity index (χ4v) is 4.39. The van der Waals surface area contributed by atoms with Crippen LogP contribution in [0.25, 0.3) is 0 Å². The molecule has 4 rings (SSSR count). The third kappa shape index (κ3) is 5.36. The molecule has 0 radical (unpaired) electrons. The Hall–Kier alpha value is -2.48. The van der Waals surface area contributed by atoms with Crippen molar-refractivity contribution in [1.29, 1.82) is 0 Å². The van der Waals surface area contributed by atoms with E-state index in [1.54, 1.807) is 29.7 Å². The van der Waals surface area contributed by atoms with Gasteiger partial charge in [0.2, 0.25) is 5.91 Å². The highest BCUT2D eigenvalue weighted by Gasteiger charge is 2.18. The zero-order valence-electron chi connectivity index (χ0n) is 16.7. The molecule has 0 saturated carbocycles. The van der Waals surface area contributed by atoms with Gasteiger partial charge >= 0.3 is 0 Å². The molecule has 1 amide bonds. The minimum absolute atomic E-state index is 0.161. The number of rotatable bonds is 7. The lowest BCUT2D eigenvalue weighted by Crippen LogP contribution is -2.32. The summed E-state index contributed by atoms with van der Waals surface area (Å²) in [5.41, 5.74) is 0.510. The molecule has 0 bridgehead atoms. The highest BCUT2D eigenvalue weighted by atomic mass is 35.5. The van der Waals surface area contributed by atoms with Gasteiger partial charge in [0, 0.05) is 34.9 Å². The summed E-state index contributed by atoms with van der Waals surface area (Å²) in [4.78, 5) is 17.3. The molecule has 0 fully saturated rings. The standard InChI is InChI=1S/C22H23ClN2O4S/c1-15-5-6-17(30-15)13-25(12-16-4-2-7-27-16)14-22(26)24-19-11-21-20(10-18(19)23)28-8-3-9-29-21/h2,4-7,10-11H,3,8-9,12-14H2,1H3,(H,24,26). The van der Waals surface area contributed by atoms with Crippen LogP contribution in [0, 0.1) is 6.92 Å². The number of hydrogen-bond acceptors (Lipinski definition) is 6. The van der Waals surface area contributed by atoms with E-state index in [9.17, 15) is 4.79 Å². The summed E-state index contributed by atoms with van der Waals surface area (Å²) in [5.74, 6) is 1.84.